The van der Waals surface area contributed by atoms with Crippen molar-refractivity contribution >= 4 is 11.6 Å². The van der Waals surface area contributed by atoms with Gasteiger partial charge in [-0.25, -0.2) is 0 Å². The lowest BCUT2D eigenvalue weighted by atomic mass is 10.1. The Hall–Kier alpha value is -0.810. The van der Waals surface area contributed by atoms with E-state index in [1.807, 2.05) is 6.07 Å². The molecule has 2 rings (SSSR count). The lowest BCUT2D eigenvalue weighted by Gasteiger charge is -2.24. The van der Waals surface area contributed by atoms with Crippen LogP contribution in [0, 0.1) is 0 Å². The Balaban J connectivity index is 2.04. The molecular formula is C13H18ClNO3. The fraction of sp³-hybridized carbons (Fsp3) is 0.538. The largest absolute Gasteiger partial charge is 0.486 e. The van der Waals surface area contributed by atoms with Gasteiger partial charge in [0.15, 0.2) is 0 Å². The maximum atomic E-state index is 8.99. The zero-order valence-corrected chi connectivity index (χ0v) is 10.9. The summed E-state index contributed by atoms with van der Waals surface area (Å²) in [6, 6.07) is 4.95. The molecule has 1 aromatic rings. The first kappa shape index (κ1) is 13.6. The summed E-state index contributed by atoms with van der Waals surface area (Å²) in [5.41, 5.74) is 6.53. The van der Waals surface area contributed by atoms with Crippen LogP contribution in [-0.2, 0) is 4.74 Å². The first-order valence-corrected chi connectivity index (χ1v) is 6.49. The average molecular weight is 272 g/mol. The molecule has 0 aromatic heterocycles. The van der Waals surface area contributed by atoms with Crippen LogP contribution in [-0.4, -0.2) is 31.0 Å². The van der Waals surface area contributed by atoms with Crippen molar-refractivity contribution in [3.8, 4) is 5.75 Å². The molecule has 1 heterocycles. The van der Waals surface area contributed by atoms with Gasteiger partial charge in [0.2, 0.25) is 0 Å². The molecule has 0 bridgehead atoms. The third-order valence-electron chi connectivity index (χ3n) is 2.99. The minimum atomic E-state index is -0.408. The Kier molecular flexibility index (Phi) is 4.83. The summed E-state index contributed by atoms with van der Waals surface area (Å²) in [6.45, 7) is 1.30. The number of benzene rings is 1. The summed E-state index contributed by atoms with van der Waals surface area (Å²) < 4.78 is 11.1. The molecule has 3 N–H and O–H groups in total. The highest BCUT2D eigenvalue weighted by molar-refractivity contribution is 6.32. The Labute approximate surface area is 112 Å². The molecule has 0 amide bonds. The fourth-order valence-corrected chi connectivity index (χ4v) is 2.17. The van der Waals surface area contributed by atoms with Crippen molar-refractivity contribution in [1.29, 1.82) is 0 Å². The van der Waals surface area contributed by atoms with Gasteiger partial charge in [0.25, 0.3) is 0 Å². The molecule has 100 valence electrons. The normalized spacial score (nSPS) is 21.6. The van der Waals surface area contributed by atoms with Crippen molar-refractivity contribution in [2.75, 3.05) is 19.8 Å². The van der Waals surface area contributed by atoms with E-state index in [1.165, 1.54) is 0 Å². The van der Waals surface area contributed by atoms with Gasteiger partial charge in [0, 0.05) is 6.61 Å². The Morgan fingerprint density at radius 3 is 3.00 bits per heavy atom. The van der Waals surface area contributed by atoms with Gasteiger partial charge in [0.05, 0.1) is 24.3 Å². The van der Waals surface area contributed by atoms with Gasteiger partial charge in [-0.05, 0) is 30.5 Å². The molecule has 0 aliphatic carbocycles. The topological polar surface area (TPSA) is 64.7 Å². The first-order valence-electron chi connectivity index (χ1n) is 6.11. The van der Waals surface area contributed by atoms with E-state index in [9.17, 15) is 0 Å². The van der Waals surface area contributed by atoms with Gasteiger partial charge in [0.1, 0.15) is 11.9 Å². The van der Waals surface area contributed by atoms with E-state index in [2.05, 4.69) is 0 Å². The number of halogens is 1. The summed E-state index contributed by atoms with van der Waals surface area (Å²) in [7, 11) is 0. The van der Waals surface area contributed by atoms with Gasteiger partial charge in [-0.15, -0.1) is 0 Å². The predicted octanol–water partition coefficient (Wildman–Crippen LogP) is 1.89. The number of hydrogen-bond donors (Lipinski definition) is 2. The van der Waals surface area contributed by atoms with E-state index < -0.39 is 6.04 Å². The minimum Gasteiger partial charge on any atom is -0.486 e. The molecule has 1 fully saturated rings. The van der Waals surface area contributed by atoms with Crippen LogP contribution < -0.4 is 10.5 Å². The van der Waals surface area contributed by atoms with Crippen LogP contribution in [0.1, 0.15) is 24.4 Å². The van der Waals surface area contributed by atoms with Crippen LogP contribution in [0.3, 0.4) is 0 Å². The van der Waals surface area contributed by atoms with Crippen molar-refractivity contribution in [1.82, 2.24) is 0 Å². The molecule has 5 heteroatoms. The maximum Gasteiger partial charge on any atom is 0.138 e. The summed E-state index contributed by atoms with van der Waals surface area (Å²) in [6.07, 6.45) is 2.05. The number of nitrogens with two attached hydrogens (primary N) is 1. The first-order chi connectivity index (χ1) is 8.70. The van der Waals surface area contributed by atoms with E-state index in [1.54, 1.807) is 12.1 Å². The number of hydrogen-bond acceptors (Lipinski definition) is 4. The van der Waals surface area contributed by atoms with Gasteiger partial charge in [-0.1, -0.05) is 17.7 Å². The number of aliphatic hydroxyl groups is 1. The summed E-state index contributed by atoms with van der Waals surface area (Å²) >= 11 is 6.15. The molecule has 2 atom stereocenters. The van der Waals surface area contributed by atoms with Crippen LogP contribution in [0.2, 0.25) is 5.02 Å². The second-order valence-electron chi connectivity index (χ2n) is 4.44. The molecule has 18 heavy (non-hydrogen) atoms. The van der Waals surface area contributed by atoms with Gasteiger partial charge >= 0.3 is 0 Å². The Morgan fingerprint density at radius 1 is 1.56 bits per heavy atom. The van der Waals surface area contributed by atoms with Crippen LogP contribution >= 0.6 is 11.6 Å². The zero-order valence-electron chi connectivity index (χ0n) is 10.1. The van der Waals surface area contributed by atoms with Crippen LogP contribution in [0.15, 0.2) is 18.2 Å². The average Bonchev–Trinajstić information content (AvgIpc) is 2.41. The summed E-state index contributed by atoms with van der Waals surface area (Å²) in [4.78, 5) is 0. The van der Waals surface area contributed by atoms with Gasteiger partial charge in [-0.3, -0.25) is 0 Å². The third-order valence-corrected chi connectivity index (χ3v) is 3.29. The molecule has 1 aliphatic rings. The molecule has 0 radical (unpaired) electrons. The summed E-state index contributed by atoms with van der Waals surface area (Å²) in [5, 5.41) is 9.51. The highest BCUT2D eigenvalue weighted by atomic mass is 35.5. The maximum absolute atomic E-state index is 8.99. The third kappa shape index (κ3) is 3.36. The minimum absolute atomic E-state index is 0.0635. The van der Waals surface area contributed by atoms with Crippen molar-refractivity contribution in [2.45, 2.75) is 25.0 Å². The molecule has 1 aliphatic heterocycles. The van der Waals surface area contributed by atoms with E-state index in [4.69, 9.17) is 31.9 Å². The molecule has 1 saturated heterocycles. The molecular weight excluding hydrogens is 254 g/mol. The fourth-order valence-electron chi connectivity index (χ4n) is 1.93. The van der Waals surface area contributed by atoms with Crippen molar-refractivity contribution in [2.24, 2.45) is 5.73 Å². The highest BCUT2D eigenvalue weighted by Gasteiger charge is 2.17. The molecule has 0 saturated carbocycles. The molecule has 4 nitrogen and oxygen atoms in total. The second kappa shape index (κ2) is 6.38. The standard InChI is InChI=1S/C13H18ClNO3/c14-11-6-9(12(15)7-16)3-4-13(11)18-10-2-1-5-17-8-10/h3-4,6,10,12,16H,1-2,5,7-8,15H2. The quantitative estimate of drug-likeness (QED) is 0.878. The smallest absolute Gasteiger partial charge is 0.138 e. The predicted molar refractivity (Wildman–Crippen MR) is 69.9 cm³/mol. The monoisotopic (exact) mass is 271 g/mol. The van der Waals surface area contributed by atoms with Gasteiger partial charge in [-0.2, -0.15) is 0 Å². The van der Waals surface area contributed by atoms with E-state index in [0.29, 0.717) is 17.4 Å². The molecule has 0 spiro atoms. The molecule has 1 aromatic carbocycles. The van der Waals surface area contributed by atoms with Crippen LogP contribution in [0.25, 0.3) is 0 Å². The van der Waals surface area contributed by atoms with Crippen LogP contribution in [0.5, 0.6) is 5.75 Å². The lowest BCUT2D eigenvalue weighted by molar-refractivity contribution is 0.00746. The van der Waals surface area contributed by atoms with Crippen LogP contribution in [0.4, 0.5) is 0 Å². The van der Waals surface area contributed by atoms with Crippen molar-refractivity contribution < 1.29 is 14.6 Å². The van der Waals surface area contributed by atoms with Gasteiger partial charge < -0.3 is 20.3 Å². The Morgan fingerprint density at radius 2 is 2.39 bits per heavy atom. The number of ether oxygens (including phenoxy) is 2. The summed E-state index contributed by atoms with van der Waals surface area (Å²) in [5.74, 6) is 0.640. The van der Waals surface area contributed by atoms with E-state index in [0.717, 1.165) is 25.0 Å². The van der Waals surface area contributed by atoms with E-state index >= 15 is 0 Å². The second-order valence-corrected chi connectivity index (χ2v) is 4.84. The van der Waals surface area contributed by atoms with Crippen molar-refractivity contribution in [3.63, 3.8) is 0 Å². The number of rotatable bonds is 4. The van der Waals surface area contributed by atoms with E-state index in [-0.39, 0.29) is 12.7 Å². The Bertz CT molecular complexity index is 394. The van der Waals surface area contributed by atoms with Crippen molar-refractivity contribution in [3.05, 3.63) is 28.8 Å². The molecule has 2 unspecified atom stereocenters. The lowest BCUT2D eigenvalue weighted by Crippen LogP contribution is -2.28. The SMILES string of the molecule is NC(CO)c1ccc(OC2CCCOC2)c(Cl)c1. The number of aliphatic hydroxyl groups excluding tert-OH is 1. The zero-order chi connectivity index (χ0) is 13.0. The highest BCUT2D eigenvalue weighted by Crippen LogP contribution is 2.29.